The largest absolute Gasteiger partial charge is 0.372 e. The Morgan fingerprint density at radius 2 is 1.43 bits per heavy atom. The van der Waals surface area contributed by atoms with Gasteiger partial charge in [-0.3, -0.25) is 9.79 Å². The van der Waals surface area contributed by atoms with Crippen molar-refractivity contribution in [3.8, 4) is 5.69 Å². The quantitative estimate of drug-likeness (QED) is 0.187. The minimum Gasteiger partial charge on any atom is -0.372 e. The van der Waals surface area contributed by atoms with Crippen LogP contribution in [0.15, 0.2) is 72.0 Å². The van der Waals surface area contributed by atoms with Gasteiger partial charge in [0.15, 0.2) is 0 Å². The number of nitrogens with zero attached hydrogens (tertiary/aromatic N) is 2. The van der Waals surface area contributed by atoms with Crippen LogP contribution < -0.4 is 5.73 Å². The predicted molar refractivity (Wildman–Crippen MR) is 154 cm³/mol. The second kappa shape index (κ2) is 21.4. The topological polar surface area (TPSA) is 60.4 Å². The van der Waals surface area contributed by atoms with Crippen molar-refractivity contribution in [1.29, 1.82) is 0 Å². The van der Waals surface area contributed by atoms with Crippen LogP contribution in [0.5, 0.6) is 0 Å². The third-order valence-corrected chi connectivity index (χ3v) is 5.28. The Morgan fingerprint density at radius 3 is 1.97 bits per heavy atom. The van der Waals surface area contributed by atoms with Crippen molar-refractivity contribution in [3.05, 3.63) is 83.7 Å². The Kier molecular flexibility index (Phi) is 19.5. The summed E-state index contributed by atoms with van der Waals surface area (Å²) >= 11 is 0. The number of aromatic nitrogens is 1. The van der Waals surface area contributed by atoms with Gasteiger partial charge in [-0.25, -0.2) is 0 Å². The van der Waals surface area contributed by atoms with Gasteiger partial charge in [0.1, 0.15) is 0 Å². The lowest BCUT2D eigenvalue weighted by Crippen LogP contribution is -1.95. The fourth-order valence-corrected chi connectivity index (χ4v) is 3.34. The molecule has 3 aromatic rings. The number of rotatable bonds is 9. The summed E-state index contributed by atoms with van der Waals surface area (Å²) in [4.78, 5) is 13.1. The van der Waals surface area contributed by atoms with Crippen LogP contribution in [0.1, 0.15) is 90.3 Å². The summed E-state index contributed by atoms with van der Waals surface area (Å²) in [6.45, 7) is 12.8. The predicted octanol–water partition coefficient (Wildman–Crippen LogP) is 8.46. The number of hydrogen-bond acceptors (Lipinski definition) is 2. The van der Waals surface area contributed by atoms with E-state index in [9.17, 15) is 0 Å². The van der Waals surface area contributed by atoms with Gasteiger partial charge in [-0.15, -0.1) is 0 Å². The summed E-state index contributed by atoms with van der Waals surface area (Å²) in [5, 5.41) is 0. The van der Waals surface area contributed by atoms with Crippen molar-refractivity contribution in [1.82, 2.24) is 4.57 Å². The van der Waals surface area contributed by atoms with Gasteiger partial charge in [0.05, 0.1) is 5.69 Å². The second-order valence-corrected chi connectivity index (χ2v) is 7.81. The van der Waals surface area contributed by atoms with Crippen molar-refractivity contribution in [3.63, 3.8) is 0 Å². The number of primary amides is 1. The van der Waals surface area contributed by atoms with E-state index in [0.717, 1.165) is 24.1 Å². The number of nitrogens with two attached hydrogens (primary N) is 1. The minimum atomic E-state index is 0.250. The molecular formula is C31H47N3O. The lowest BCUT2D eigenvalue weighted by Gasteiger charge is -2.08. The molecule has 3 rings (SSSR count). The fourth-order valence-electron chi connectivity index (χ4n) is 3.34. The number of benzene rings is 2. The number of aryl methyl sites for hydroxylation is 2. The van der Waals surface area contributed by atoms with E-state index in [2.05, 4.69) is 110 Å². The zero-order valence-electron chi connectivity index (χ0n) is 22.8. The first kappa shape index (κ1) is 31.9. The smallest absolute Gasteiger partial charge is 0.204 e. The number of amides is 1. The van der Waals surface area contributed by atoms with Crippen molar-refractivity contribution >= 4 is 18.3 Å². The summed E-state index contributed by atoms with van der Waals surface area (Å²) < 4.78 is 2.17. The van der Waals surface area contributed by atoms with Crippen molar-refractivity contribution < 1.29 is 4.79 Å². The van der Waals surface area contributed by atoms with E-state index in [0.29, 0.717) is 0 Å². The first-order valence-electron chi connectivity index (χ1n) is 13.2. The van der Waals surface area contributed by atoms with Crippen LogP contribution in [0.4, 0.5) is 5.69 Å². The number of carbonyl (C=O) groups is 1. The Morgan fingerprint density at radius 1 is 0.829 bits per heavy atom. The van der Waals surface area contributed by atoms with Gasteiger partial charge in [0.25, 0.3) is 0 Å². The summed E-state index contributed by atoms with van der Waals surface area (Å²) in [7, 11) is 0. The molecule has 1 aromatic heterocycles. The van der Waals surface area contributed by atoms with E-state index in [-0.39, 0.29) is 6.41 Å². The molecule has 0 aliphatic heterocycles. The lowest BCUT2D eigenvalue weighted by molar-refractivity contribution is -0.106. The molecule has 0 spiro atoms. The Bertz CT molecular complexity index is 922. The molecular weight excluding hydrogens is 430 g/mol. The highest BCUT2D eigenvalue weighted by Gasteiger charge is 2.02. The standard InChI is InChI=1S/C21H22N2.C7H16.C2H6.CH3NO/c1-3-17-9-11-20(12-10-17)22-15-18-13-14-23(16-18)21-8-6-5-7-19(21)4-2;1-3-5-7-6-4-2;1-2;2-1-3/h5-16H,3-4H2,1-2H3;3-7H2,1-2H3;1-2H3;1H,(H2,2,3). The van der Waals surface area contributed by atoms with Gasteiger partial charge in [0.2, 0.25) is 6.41 Å². The number of para-hydroxylation sites is 1. The minimum absolute atomic E-state index is 0.250. The Labute approximate surface area is 214 Å². The fraction of sp³-hybridized carbons (Fsp3) is 0.419. The van der Waals surface area contributed by atoms with E-state index in [1.807, 2.05) is 20.1 Å². The SMILES string of the molecule is CC.CCCCCCC.CCc1ccc(N=Cc2ccn(-c3ccccc3CC)c2)cc1.NC=O. The number of hydrogen-bond donors (Lipinski definition) is 1. The molecule has 0 atom stereocenters. The summed E-state index contributed by atoms with van der Waals surface area (Å²) in [6, 6.07) is 19.0. The average molecular weight is 478 g/mol. The number of unbranched alkanes of at least 4 members (excludes halogenated alkanes) is 4. The molecule has 0 unspecified atom stereocenters. The van der Waals surface area contributed by atoms with Gasteiger partial charge in [-0.1, -0.05) is 104 Å². The molecule has 4 heteroatoms. The van der Waals surface area contributed by atoms with Crippen LogP contribution in [0.2, 0.25) is 0 Å². The molecule has 35 heavy (non-hydrogen) atoms. The van der Waals surface area contributed by atoms with Crippen molar-refractivity contribution in [2.24, 2.45) is 10.7 Å². The van der Waals surface area contributed by atoms with E-state index in [1.165, 1.54) is 48.9 Å². The van der Waals surface area contributed by atoms with E-state index >= 15 is 0 Å². The van der Waals surface area contributed by atoms with Crippen molar-refractivity contribution in [2.45, 2.75) is 86.5 Å². The zero-order valence-corrected chi connectivity index (χ0v) is 22.8. The summed E-state index contributed by atoms with van der Waals surface area (Å²) in [6.07, 6.45) is 15.5. The molecule has 0 saturated carbocycles. The maximum Gasteiger partial charge on any atom is 0.204 e. The van der Waals surface area contributed by atoms with Crippen molar-refractivity contribution in [2.75, 3.05) is 0 Å². The molecule has 0 saturated heterocycles. The van der Waals surface area contributed by atoms with E-state index < -0.39 is 0 Å². The Hall–Kier alpha value is -3.14. The number of aliphatic imine (C=N–C) groups is 1. The highest BCUT2D eigenvalue weighted by atomic mass is 16.1. The van der Waals surface area contributed by atoms with Gasteiger partial charge < -0.3 is 10.3 Å². The van der Waals surface area contributed by atoms with E-state index in [1.54, 1.807) is 0 Å². The molecule has 0 aliphatic rings. The van der Waals surface area contributed by atoms with Crippen LogP contribution in [0.25, 0.3) is 5.69 Å². The second-order valence-electron chi connectivity index (χ2n) is 7.81. The first-order chi connectivity index (χ1) is 17.1. The first-order valence-corrected chi connectivity index (χ1v) is 13.2. The van der Waals surface area contributed by atoms with Gasteiger partial charge in [0, 0.05) is 29.9 Å². The van der Waals surface area contributed by atoms with Crippen LogP contribution >= 0.6 is 0 Å². The Balaban J connectivity index is 0.000000813. The monoisotopic (exact) mass is 477 g/mol. The third-order valence-electron chi connectivity index (χ3n) is 5.28. The highest BCUT2D eigenvalue weighted by Crippen LogP contribution is 2.17. The van der Waals surface area contributed by atoms with Gasteiger partial charge in [-0.05, 0) is 48.2 Å². The maximum atomic E-state index is 8.58. The lowest BCUT2D eigenvalue weighted by atomic mass is 10.1. The molecule has 0 aliphatic carbocycles. The normalized spacial score (nSPS) is 9.77. The zero-order chi connectivity index (χ0) is 26.3. The molecule has 1 heterocycles. The molecule has 0 radical (unpaired) electrons. The molecule has 1 amide bonds. The molecule has 192 valence electrons. The molecule has 4 nitrogen and oxygen atoms in total. The molecule has 2 aromatic carbocycles. The highest BCUT2D eigenvalue weighted by molar-refractivity contribution is 5.81. The maximum absolute atomic E-state index is 8.58. The summed E-state index contributed by atoms with van der Waals surface area (Å²) in [5.74, 6) is 0. The third kappa shape index (κ3) is 13.4. The van der Waals surface area contributed by atoms with Crippen LogP contribution in [0.3, 0.4) is 0 Å². The van der Waals surface area contributed by atoms with Crippen LogP contribution in [0, 0.1) is 0 Å². The van der Waals surface area contributed by atoms with E-state index in [4.69, 9.17) is 4.79 Å². The molecule has 0 fully saturated rings. The summed E-state index contributed by atoms with van der Waals surface area (Å²) in [5.41, 5.74) is 10.2. The molecule has 2 N–H and O–H groups in total. The van der Waals surface area contributed by atoms with Gasteiger partial charge in [-0.2, -0.15) is 0 Å². The van der Waals surface area contributed by atoms with Crippen LogP contribution in [-0.2, 0) is 17.6 Å². The molecule has 0 bridgehead atoms. The van der Waals surface area contributed by atoms with Gasteiger partial charge >= 0.3 is 0 Å². The van der Waals surface area contributed by atoms with Crippen LogP contribution in [-0.4, -0.2) is 17.2 Å². The average Bonchev–Trinajstić information content (AvgIpc) is 3.39. The number of carbonyl (C=O) groups excluding carboxylic acids is 1.